The molecule has 0 saturated heterocycles. The summed E-state index contributed by atoms with van der Waals surface area (Å²) in [5.41, 5.74) is 3.36. The van der Waals surface area contributed by atoms with Crippen molar-refractivity contribution in [2.24, 2.45) is 0 Å². The SMILES string of the molecule is Cc1cc(C)n(-c2cc(NCC(C)c3ccccc3)nc(C)n2)n1. The number of anilines is 1. The van der Waals surface area contributed by atoms with Gasteiger partial charge in [-0.1, -0.05) is 37.3 Å². The van der Waals surface area contributed by atoms with Crippen molar-refractivity contribution in [2.45, 2.75) is 33.6 Å². The number of nitrogens with zero attached hydrogens (tertiary/aromatic N) is 4. The van der Waals surface area contributed by atoms with Crippen molar-refractivity contribution in [1.82, 2.24) is 19.7 Å². The molecule has 0 bridgehead atoms. The van der Waals surface area contributed by atoms with Gasteiger partial charge < -0.3 is 5.32 Å². The van der Waals surface area contributed by atoms with Crippen LogP contribution >= 0.6 is 0 Å². The van der Waals surface area contributed by atoms with E-state index in [1.165, 1.54) is 5.56 Å². The molecule has 1 aromatic carbocycles. The summed E-state index contributed by atoms with van der Waals surface area (Å²) in [4.78, 5) is 9.01. The monoisotopic (exact) mass is 321 g/mol. The second-order valence-corrected chi connectivity index (χ2v) is 6.19. The zero-order valence-corrected chi connectivity index (χ0v) is 14.6. The number of aryl methyl sites for hydroxylation is 3. The highest BCUT2D eigenvalue weighted by Gasteiger charge is 2.10. The van der Waals surface area contributed by atoms with E-state index in [9.17, 15) is 0 Å². The topological polar surface area (TPSA) is 55.6 Å². The van der Waals surface area contributed by atoms with Crippen LogP contribution in [-0.2, 0) is 0 Å². The van der Waals surface area contributed by atoms with E-state index in [-0.39, 0.29) is 0 Å². The number of nitrogens with one attached hydrogen (secondary N) is 1. The highest BCUT2D eigenvalue weighted by molar-refractivity contribution is 5.42. The maximum absolute atomic E-state index is 4.51. The Kier molecular flexibility index (Phi) is 4.60. The van der Waals surface area contributed by atoms with Gasteiger partial charge in [-0.25, -0.2) is 14.6 Å². The van der Waals surface area contributed by atoms with Crippen molar-refractivity contribution in [3.05, 3.63) is 65.2 Å². The van der Waals surface area contributed by atoms with Gasteiger partial charge in [0, 0.05) is 18.3 Å². The van der Waals surface area contributed by atoms with E-state index in [4.69, 9.17) is 0 Å². The van der Waals surface area contributed by atoms with E-state index < -0.39 is 0 Å². The largest absolute Gasteiger partial charge is 0.369 e. The molecule has 0 fully saturated rings. The average molecular weight is 321 g/mol. The lowest BCUT2D eigenvalue weighted by Gasteiger charge is -2.14. The molecule has 2 aromatic heterocycles. The molecule has 0 spiro atoms. The number of aromatic nitrogens is 4. The molecular formula is C19H23N5. The first-order valence-corrected chi connectivity index (χ1v) is 8.21. The third kappa shape index (κ3) is 3.62. The summed E-state index contributed by atoms with van der Waals surface area (Å²) in [7, 11) is 0. The van der Waals surface area contributed by atoms with Gasteiger partial charge in [-0.3, -0.25) is 0 Å². The van der Waals surface area contributed by atoms with Crippen molar-refractivity contribution in [3.63, 3.8) is 0 Å². The van der Waals surface area contributed by atoms with Crippen LogP contribution in [0.25, 0.3) is 5.82 Å². The highest BCUT2D eigenvalue weighted by atomic mass is 15.3. The molecule has 0 radical (unpaired) electrons. The fourth-order valence-corrected chi connectivity index (χ4v) is 2.77. The van der Waals surface area contributed by atoms with E-state index in [2.05, 4.69) is 51.6 Å². The summed E-state index contributed by atoms with van der Waals surface area (Å²) in [6.07, 6.45) is 0. The van der Waals surface area contributed by atoms with Crippen LogP contribution in [0.3, 0.4) is 0 Å². The van der Waals surface area contributed by atoms with Gasteiger partial charge in [-0.05, 0) is 38.3 Å². The van der Waals surface area contributed by atoms with E-state index in [1.807, 2.05) is 43.7 Å². The van der Waals surface area contributed by atoms with Crippen LogP contribution in [0, 0.1) is 20.8 Å². The van der Waals surface area contributed by atoms with Gasteiger partial charge >= 0.3 is 0 Å². The molecule has 5 nitrogen and oxygen atoms in total. The van der Waals surface area contributed by atoms with E-state index >= 15 is 0 Å². The predicted molar refractivity (Wildman–Crippen MR) is 96.7 cm³/mol. The van der Waals surface area contributed by atoms with Gasteiger partial charge in [-0.15, -0.1) is 0 Å². The number of hydrogen-bond donors (Lipinski definition) is 1. The molecule has 124 valence electrons. The van der Waals surface area contributed by atoms with Gasteiger partial charge in [-0.2, -0.15) is 5.10 Å². The predicted octanol–water partition coefficient (Wildman–Crippen LogP) is 3.80. The molecule has 0 aliphatic heterocycles. The molecule has 5 heteroatoms. The van der Waals surface area contributed by atoms with Crippen LogP contribution in [0.1, 0.15) is 35.6 Å². The average Bonchev–Trinajstić information content (AvgIpc) is 2.91. The normalized spacial score (nSPS) is 12.2. The first-order valence-electron chi connectivity index (χ1n) is 8.21. The van der Waals surface area contributed by atoms with Crippen molar-refractivity contribution >= 4 is 5.82 Å². The summed E-state index contributed by atoms with van der Waals surface area (Å²) in [6.45, 7) is 8.94. The fourth-order valence-electron chi connectivity index (χ4n) is 2.77. The Morgan fingerprint density at radius 3 is 2.46 bits per heavy atom. The third-order valence-corrected chi connectivity index (χ3v) is 4.01. The van der Waals surface area contributed by atoms with Crippen LogP contribution in [-0.4, -0.2) is 26.3 Å². The van der Waals surface area contributed by atoms with Crippen molar-refractivity contribution in [3.8, 4) is 5.82 Å². The van der Waals surface area contributed by atoms with Crippen LogP contribution < -0.4 is 5.32 Å². The smallest absolute Gasteiger partial charge is 0.159 e. The summed E-state index contributed by atoms with van der Waals surface area (Å²) in [5, 5.41) is 7.93. The van der Waals surface area contributed by atoms with Crippen LogP contribution in [0.15, 0.2) is 42.5 Å². The van der Waals surface area contributed by atoms with Crippen molar-refractivity contribution in [2.75, 3.05) is 11.9 Å². The minimum absolute atomic E-state index is 0.401. The standard InChI is InChI=1S/C19H23N5/c1-13(17-8-6-5-7-9-17)12-20-18-11-19(22-16(4)21-18)24-15(3)10-14(2)23-24/h5-11,13H,12H2,1-4H3,(H,20,21,22). The molecular weight excluding hydrogens is 298 g/mol. The fraction of sp³-hybridized carbons (Fsp3) is 0.316. The Labute approximate surface area is 142 Å². The lowest BCUT2D eigenvalue weighted by atomic mass is 10.0. The van der Waals surface area contributed by atoms with Gasteiger partial charge in [0.1, 0.15) is 11.6 Å². The number of rotatable bonds is 5. The minimum Gasteiger partial charge on any atom is -0.369 e. The number of benzene rings is 1. The second-order valence-electron chi connectivity index (χ2n) is 6.19. The summed E-state index contributed by atoms with van der Waals surface area (Å²) < 4.78 is 1.86. The molecule has 0 amide bonds. The quantitative estimate of drug-likeness (QED) is 0.776. The van der Waals surface area contributed by atoms with Crippen molar-refractivity contribution < 1.29 is 0 Å². The Balaban J connectivity index is 1.78. The molecule has 3 aromatic rings. The minimum atomic E-state index is 0.401. The molecule has 24 heavy (non-hydrogen) atoms. The van der Waals surface area contributed by atoms with E-state index in [0.29, 0.717) is 5.92 Å². The van der Waals surface area contributed by atoms with Gasteiger partial charge in [0.2, 0.25) is 0 Å². The van der Waals surface area contributed by atoms with E-state index in [0.717, 1.165) is 35.4 Å². The Morgan fingerprint density at radius 1 is 1.04 bits per heavy atom. The van der Waals surface area contributed by atoms with Gasteiger partial charge in [0.15, 0.2) is 5.82 Å². The van der Waals surface area contributed by atoms with Crippen LogP contribution in [0.4, 0.5) is 5.82 Å². The first-order chi connectivity index (χ1) is 11.5. The first kappa shape index (κ1) is 16.2. The molecule has 0 saturated carbocycles. The lowest BCUT2D eigenvalue weighted by Crippen LogP contribution is -2.13. The molecule has 1 atom stereocenters. The van der Waals surface area contributed by atoms with Crippen molar-refractivity contribution in [1.29, 1.82) is 0 Å². The summed E-state index contributed by atoms with van der Waals surface area (Å²) >= 11 is 0. The Hall–Kier alpha value is -2.69. The summed E-state index contributed by atoms with van der Waals surface area (Å²) in [6, 6.07) is 14.5. The van der Waals surface area contributed by atoms with Gasteiger partial charge in [0.25, 0.3) is 0 Å². The molecule has 0 aliphatic carbocycles. The number of hydrogen-bond acceptors (Lipinski definition) is 4. The molecule has 2 heterocycles. The Morgan fingerprint density at radius 2 is 1.79 bits per heavy atom. The highest BCUT2D eigenvalue weighted by Crippen LogP contribution is 2.17. The third-order valence-electron chi connectivity index (χ3n) is 4.01. The van der Waals surface area contributed by atoms with Crippen LogP contribution in [0.2, 0.25) is 0 Å². The van der Waals surface area contributed by atoms with Crippen LogP contribution in [0.5, 0.6) is 0 Å². The lowest BCUT2D eigenvalue weighted by molar-refractivity contribution is 0.782. The van der Waals surface area contributed by atoms with E-state index in [1.54, 1.807) is 0 Å². The zero-order valence-electron chi connectivity index (χ0n) is 14.6. The summed E-state index contributed by atoms with van der Waals surface area (Å²) in [5.74, 6) is 2.75. The molecule has 0 aliphatic rings. The maximum atomic E-state index is 4.51. The molecule has 1 N–H and O–H groups in total. The second kappa shape index (κ2) is 6.83. The maximum Gasteiger partial charge on any atom is 0.159 e. The zero-order chi connectivity index (χ0) is 17.1. The molecule has 3 rings (SSSR count). The molecule has 1 unspecified atom stereocenters. The van der Waals surface area contributed by atoms with Gasteiger partial charge in [0.05, 0.1) is 5.69 Å². The Bertz CT molecular complexity index is 823.